The van der Waals surface area contributed by atoms with Crippen LogP contribution in [-0.4, -0.2) is 52.7 Å². The van der Waals surface area contributed by atoms with Gasteiger partial charge in [0.1, 0.15) is 6.10 Å². The van der Waals surface area contributed by atoms with Crippen LogP contribution in [0.5, 0.6) is 0 Å². The van der Waals surface area contributed by atoms with Crippen molar-refractivity contribution < 1.29 is 14.2 Å². The van der Waals surface area contributed by atoms with E-state index >= 15 is 0 Å². The Morgan fingerprint density at radius 1 is 1.25 bits per heavy atom. The van der Waals surface area contributed by atoms with Crippen molar-refractivity contribution in [2.45, 2.75) is 18.2 Å². The molecule has 1 aliphatic rings. The Bertz CT molecular complexity index is 131. The summed E-state index contributed by atoms with van der Waals surface area (Å²) in [6, 6.07) is 0.255. The van der Waals surface area contributed by atoms with Crippen LogP contribution in [-0.2, 0) is 14.2 Å². The molecule has 1 fully saturated rings. The van der Waals surface area contributed by atoms with Gasteiger partial charge in [0.15, 0.2) is 0 Å². The Labute approximate surface area is 73.2 Å². The second kappa shape index (κ2) is 4.77. The largest absolute Gasteiger partial charge is 0.383 e. The summed E-state index contributed by atoms with van der Waals surface area (Å²) in [4.78, 5) is 0. The fraction of sp³-hybridized carbons (Fsp3) is 1.00. The van der Waals surface area contributed by atoms with Crippen LogP contribution in [0.15, 0.2) is 0 Å². The fourth-order valence-corrected chi connectivity index (χ4v) is 1.63. The monoisotopic (exact) mass is 175 g/mol. The van der Waals surface area contributed by atoms with Crippen LogP contribution in [0.3, 0.4) is 0 Å². The van der Waals surface area contributed by atoms with Crippen molar-refractivity contribution in [2.24, 2.45) is 0 Å². The number of hydrogen-bond donors (Lipinski definition) is 1. The third-order valence-corrected chi connectivity index (χ3v) is 2.27. The van der Waals surface area contributed by atoms with E-state index in [2.05, 4.69) is 5.32 Å². The number of rotatable bonds is 4. The van der Waals surface area contributed by atoms with Crippen LogP contribution in [0.1, 0.15) is 0 Å². The highest BCUT2D eigenvalue weighted by atomic mass is 16.5. The van der Waals surface area contributed by atoms with Gasteiger partial charge in [-0.05, 0) is 0 Å². The molecule has 4 heteroatoms. The molecule has 1 N–H and O–H groups in total. The molecule has 0 spiro atoms. The van der Waals surface area contributed by atoms with E-state index in [4.69, 9.17) is 14.2 Å². The van der Waals surface area contributed by atoms with Gasteiger partial charge in [0, 0.05) is 27.9 Å². The minimum absolute atomic E-state index is 0.106. The van der Waals surface area contributed by atoms with Gasteiger partial charge < -0.3 is 19.5 Å². The highest BCUT2D eigenvalue weighted by molar-refractivity contribution is 4.92. The average molecular weight is 175 g/mol. The first-order chi connectivity index (χ1) is 5.83. The topological polar surface area (TPSA) is 39.7 Å². The van der Waals surface area contributed by atoms with Crippen molar-refractivity contribution in [3.05, 3.63) is 0 Å². The molecule has 0 aromatic heterocycles. The summed E-state index contributed by atoms with van der Waals surface area (Å²) in [7, 11) is 5.09. The van der Waals surface area contributed by atoms with Crippen molar-refractivity contribution in [3.63, 3.8) is 0 Å². The molecule has 0 aromatic carbocycles. The van der Waals surface area contributed by atoms with Crippen LogP contribution in [0.4, 0.5) is 0 Å². The summed E-state index contributed by atoms with van der Waals surface area (Å²) >= 11 is 0. The zero-order chi connectivity index (χ0) is 8.97. The zero-order valence-corrected chi connectivity index (χ0v) is 7.87. The second-order valence-electron chi connectivity index (χ2n) is 2.94. The molecule has 0 aromatic rings. The van der Waals surface area contributed by atoms with E-state index in [0.29, 0.717) is 6.61 Å². The molecule has 72 valence electrons. The Balaban J connectivity index is 2.44. The second-order valence-corrected chi connectivity index (χ2v) is 2.94. The van der Waals surface area contributed by atoms with Crippen LogP contribution >= 0.6 is 0 Å². The molecular formula is C8H17NO3. The van der Waals surface area contributed by atoms with Gasteiger partial charge >= 0.3 is 0 Å². The summed E-state index contributed by atoms with van der Waals surface area (Å²) in [5, 5.41) is 3.28. The Morgan fingerprint density at radius 3 is 2.50 bits per heavy atom. The van der Waals surface area contributed by atoms with Gasteiger partial charge in [0.05, 0.1) is 18.8 Å². The lowest BCUT2D eigenvalue weighted by molar-refractivity contribution is -0.0274. The molecule has 0 amide bonds. The molecule has 1 heterocycles. The lowest BCUT2D eigenvalue weighted by atomic mass is 10.1. The Morgan fingerprint density at radius 2 is 2.00 bits per heavy atom. The molecule has 1 aliphatic heterocycles. The van der Waals surface area contributed by atoms with Crippen LogP contribution < -0.4 is 5.32 Å². The predicted molar refractivity (Wildman–Crippen MR) is 45.3 cm³/mol. The molecule has 3 atom stereocenters. The quantitative estimate of drug-likeness (QED) is 0.633. The molecular weight excluding hydrogens is 158 g/mol. The molecule has 0 bridgehead atoms. The molecule has 0 radical (unpaired) electrons. The molecule has 1 saturated heterocycles. The van der Waals surface area contributed by atoms with Gasteiger partial charge in [0.2, 0.25) is 0 Å². The maximum Gasteiger partial charge on any atom is 0.102 e. The highest BCUT2D eigenvalue weighted by Gasteiger charge is 2.35. The normalized spacial score (nSPS) is 35.8. The summed E-state index contributed by atoms with van der Waals surface area (Å²) in [5.74, 6) is 0. The van der Waals surface area contributed by atoms with Gasteiger partial charge in [-0.1, -0.05) is 0 Å². The lowest BCUT2D eigenvalue weighted by Gasteiger charge is -2.20. The molecule has 0 aliphatic carbocycles. The Hall–Kier alpha value is -0.160. The summed E-state index contributed by atoms with van der Waals surface area (Å²) in [6.45, 7) is 1.50. The van der Waals surface area contributed by atoms with Gasteiger partial charge in [-0.15, -0.1) is 0 Å². The Kier molecular flexibility index (Phi) is 3.94. The third-order valence-electron chi connectivity index (χ3n) is 2.27. The highest BCUT2D eigenvalue weighted by Crippen LogP contribution is 2.14. The van der Waals surface area contributed by atoms with Gasteiger partial charge in [-0.25, -0.2) is 0 Å². The van der Waals surface area contributed by atoms with E-state index < -0.39 is 0 Å². The SMILES string of the molecule is COC[C@@H]1NC[C@@H](OC)[C@H]1OC. The minimum atomic E-state index is 0.106. The number of hydrogen-bond acceptors (Lipinski definition) is 4. The molecule has 0 unspecified atom stereocenters. The van der Waals surface area contributed by atoms with Crippen molar-refractivity contribution in [2.75, 3.05) is 34.5 Å². The lowest BCUT2D eigenvalue weighted by Crippen LogP contribution is -2.38. The molecule has 12 heavy (non-hydrogen) atoms. The number of ether oxygens (including phenoxy) is 3. The maximum atomic E-state index is 5.31. The van der Waals surface area contributed by atoms with Crippen LogP contribution in [0.2, 0.25) is 0 Å². The fourth-order valence-electron chi connectivity index (χ4n) is 1.63. The van der Waals surface area contributed by atoms with Crippen LogP contribution in [0.25, 0.3) is 0 Å². The maximum absolute atomic E-state index is 5.31. The van der Waals surface area contributed by atoms with E-state index in [0.717, 1.165) is 6.54 Å². The van der Waals surface area contributed by atoms with Crippen molar-refractivity contribution in [3.8, 4) is 0 Å². The first kappa shape index (κ1) is 9.92. The van der Waals surface area contributed by atoms with Gasteiger partial charge in [-0.3, -0.25) is 0 Å². The number of nitrogens with one attached hydrogen (secondary N) is 1. The first-order valence-electron chi connectivity index (χ1n) is 4.11. The third kappa shape index (κ3) is 1.95. The van der Waals surface area contributed by atoms with E-state index in [1.807, 2.05) is 0 Å². The van der Waals surface area contributed by atoms with Crippen molar-refractivity contribution in [1.29, 1.82) is 0 Å². The average Bonchev–Trinajstić information content (AvgIpc) is 2.47. The molecule has 1 rings (SSSR count). The molecule has 4 nitrogen and oxygen atoms in total. The summed E-state index contributed by atoms with van der Waals surface area (Å²) in [6.07, 6.45) is 0.255. The van der Waals surface area contributed by atoms with E-state index in [1.54, 1.807) is 21.3 Å². The number of methoxy groups -OCH3 is 3. The van der Waals surface area contributed by atoms with E-state index in [1.165, 1.54) is 0 Å². The van der Waals surface area contributed by atoms with E-state index in [-0.39, 0.29) is 18.2 Å². The zero-order valence-electron chi connectivity index (χ0n) is 7.87. The van der Waals surface area contributed by atoms with Gasteiger partial charge in [-0.2, -0.15) is 0 Å². The van der Waals surface area contributed by atoms with E-state index in [9.17, 15) is 0 Å². The predicted octanol–water partition coefficient (Wildman–Crippen LogP) is -0.365. The summed E-state index contributed by atoms with van der Waals surface area (Å²) < 4.78 is 15.6. The minimum Gasteiger partial charge on any atom is -0.383 e. The smallest absolute Gasteiger partial charge is 0.102 e. The molecule has 0 saturated carbocycles. The van der Waals surface area contributed by atoms with Crippen LogP contribution in [0, 0.1) is 0 Å². The van der Waals surface area contributed by atoms with Crippen molar-refractivity contribution >= 4 is 0 Å². The van der Waals surface area contributed by atoms with Crippen molar-refractivity contribution in [1.82, 2.24) is 5.32 Å². The first-order valence-corrected chi connectivity index (χ1v) is 4.11. The van der Waals surface area contributed by atoms with Gasteiger partial charge in [0.25, 0.3) is 0 Å². The summed E-state index contributed by atoms with van der Waals surface area (Å²) in [5.41, 5.74) is 0. The standard InChI is InChI=1S/C8H17NO3/c1-10-5-6-8(12-3)7(11-2)4-9-6/h6-9H,4-5H2,1-3H3/t6-,7+,8-/m0/s1.